The van der Waals surface area contributed by atoms with E-state index in [0.29, 0.717) is 33.7 Å². The molecule has 0 aromatic heterocycles. The summed E-state index contributed by atoms with van der Waals surface area (Å²) in [5.41, 5.74) is 2.19. The number of sulfone groups is 1. The van der Waals surface area contributed by atoms with Crippen molar-refractivity contribution in [1.29, 1.82) is 0 Å². The first kappa shape index (κ1) is 22.6. The number of hydrogen-bond donors (Lipinski definition) is 0. The molecule has 166 valence electrons. The lowest BCUT2D eigenvalue weighted by Crippen LogP contribution is -2.30. The van der Waals surface area contributed by atoms with Gasteiger partial charge in [0.05, 0.1) is 23.1 Å². The van der Waals surface area contributed by atoms with Gasteiger partial charge in [-0.2, -0.15) is 0 Å². The molecule has 0 spiro atoms. The van der Waals surface area contributed by atoms with Crippen molar-refractivity contribution in [2.75, 3.05) is 19.0 Å². The molecule has 8 heteroatoms. The molecule has 0 bridgehead atoms. The molecule has 1 saturated heterocycles. The van der Waals surface area contributed by atoms with Gasteiger partial charge < -0.3 is 9.64 Å². The van der Waals surface area contributed by atoms with Crippen LogP contribution in [0.1, 0.15) is 42.5 Å². The molecule has 0 N–H and O–H groups in total. The summed E-state index contributed by atoms with van der Waals surface area (Å²) < 4.78 is 31.8. The maximum atomic E-state index is 13.2. The average molecular weight is 482 g/mol. The Hall–Kier alpha value is -1.60. The first-order valence-corrected chi connectivity index (χ1v) is 12.8. The number of benzene rings is 2. The lowest BCUT2D eigenvalue weighted by atomic mass is 10.0. The molecule has 1 amide bonds. The van der Waals surface area contributed by atoms with E-state index in [1.54, 1.807) is 35.2 Å². The highest BCUT2D eigenvalue weighted by molar-refractivity contribution is 7.91. The number of nitrogens with zero attached hydrogens (tertiary/aromatic N) is 1. The zero-order valence-corrected chi connectivity index (χ0v) is 19.6. The molecule has 0 unspecified atom stereocenters. The molecule has 0 aliphatic carbocycles. The van der Waals surface area contributed by atoms with Gasteiger partial charge in [0.1, 0.15) is 0 Å². The van der Waals surface area contributed by atoms with Gasteiger partial charge in [-0.3, -0.25) is 4.79 Å². The minimum absolute atomic E-state index is 0.0704. The van der Waals surface area contributed by atoms with Crippen molar-refractivity contribution in [1.82, 2.24) is 4.90 Å². The largest absolute Gasteiger partial charge is 0.381 e. The van der Waals surface area contributed by atoms with Crippen LogP contribution in [0.5, 0.6) is 0 Å². The van der Waals surface area contributed by atoms with Crippen LogP contribution in [0.4, 0.5) is 0 Å². The van der Waals surface area contributed by atoms with E-state index in [-0.39, 0.29) is 36.6 Å². The highest BCUT2D eigenvalue weighted by Gasteiger charge is 2.35. The third-order valence-corrected chi connectivity index (χ3v) is 8.93. The average Bonchev–Trinajstić information content (AvgIpc) is 3.08. The Labute approximate surface area is 193 Å². The van der Waals surface area contributed by atoms with E-state index in [2.05, 4.69) is 0 Å². The highest BCUT2D eigenvalue weighted by Crippen LogP contribution is 2.38. The molecule has 2 aliphatic rings. The number of ether oxygens (including phenoxy) is 1. The second kappa shape index (κ2) is 9.10. The molecule has 1 atom stereocenters. The lowest BCUT2D eigenvalue weighted by Gasteiger charge is -2.22. The topological polar surface area (TPSA) is 63.7 Å². The number of halogens is 2. The molecular formula is C23H25Cl2NO4S. The predicted molar refractivity (Wildman–Crippen MR) is 121 cm³/mol. The van der Waals surface area contributed by atoms with Crippen molar-refractivity contribution in [3.8, 4) is 0 Å². The number of hydrogen-bond acceptors (Lipinski definition) is 4. The number of amides is 1. The molecule has 2 aromatic rings. The molecule has 0 radical (unpaired) electrons. The van der Waals surface area contributed by atoms with Crippen LogP contribution in [0.15, 0.2) is 41.3 Å². The first-order chi connectivity index (χ1) is 14.8. The molecule has 2 aliphatic heterocycles. The normalized spacial score (nSPS) is 19.5. The van der Waals surface area contributed by atoms with Crippen LogP contribution in [0.3, 0.4) is 0 Å². The fourth-order valence-electron chi connectivity index (χ4n) is 4.48. The molecular weight excluding hydrogens is 457 g/mol. The Morgan fingerprint density at radius 2 is 1.74 bits per heavy atom. The van der Waals surface area contributed by atoms with Crippen LogP contribution in [0.2, 0.25) is 10.0 Å². The maximum absolute atomic E-state index is 13.2. The Morgan fingerprint density at radius 3 is 2.42 bits per heavy atom. The maximum Gasteiger partial charge on any atom is 0.227 e. The van der Waals surface area contributed by atoms with Crippen molar-refractivity contribution in [3.63, 3.8) is 0 Å². The predicted octanol–water partition coefficient (Wildman–Crippen LogP) is 4.84. The summed E-state index contributed by atoms with van der Waals surface area (Å²) in [7, 11) is -3.47. The quantitative estimate of drug-likeness (QED) is 0.612. The third kappa shape index (κ3) is 4.63. The summed E-state index contributed by atoms with van der Waals surface area (Å²) in [5, 5.41) is 0.898. The molecule has 0 saturated carbocycles. The van der Waals surface area contributed by atoms with Crippen LogP contribution < -0.4 is 0 Å². The Morgan fingerprint density at radius 1 is 1.10 bits per heavy atom. The Balaban J connectivity index is 1.57. The van der Waals surface area contributed by atoms with Crippen molar-refractivity contribution in [2.45, 2.75) is 43.7 Å². The van der Waals surface area contributed by atoms with Crippen LogP contribution in [-0.4, -0.2) is 38.2 Å². The van der Waals surface area contributed by atoms with E-state index in [4.69, 9.17) is 27.9 Å². The van der Waals surface area contributed by atoms with E-state index in [0.717, 1.165) is 24.0 Å². The monoisotopic (exact) mass is 481 g/mol. The molecule has 2 heterocycles. The van der Waals surface area contributed by atoms with Crippen LogP contribution in [0, 0.1) is 5.92 Å². The summed E-state index contributed by atoms with van der Waals surface area (Å²) in [6, 6.07) is 10.3. The van der Waals surface area contributed by atoms with Gasteiger partial charge in [0.25, 0.3) is 0 Å². The van der Waals surface area contributed by atoms with Gasteiger partial charge in [0.15, 0.2) is 9.84 Å². The van der Waals surface area contributed by atoms with E-state index >= 15 is 0 Å². The van der Waals surface area contributed by atoms with Crippen molar-refractivity contribution < 1.29 is 17.9 Å². The minimum atomic E-state index is -3.47. The Bertz CT molecular complexity index is 1080. The standard InChI is InChI=1S/C23H25Cl2NO4S/c1-15-17-4-2-7-22(31(28,29)14-16-8-10-30-11-9-16)19(17)13-26(15)23(27)12-18-20(24)5-3-6-21(18)25/h2-7,15-16H,8-14H2,1H3/t15-/m0/s1. The minimum Gasteiger partial charge on any atom is -0.381 e. The molecule has 5 nitrogen and oxygen atoms in total. The van der Waals surface area contributed by atoms with E-state index in [9.17, 15) is 13.2 Å². The van der Waals surface area contributed by atoms with Crippen molar-refractivity contribution in [2.24, 2.45) is 5.92 Å². The SMILES string of the molecule is C[C@H]1c2cccc(S(=O)(=O)CC3CCOCC3)c2CN1C(=O)Cc1c(Cl)cccc1Cl. The van der Waals surface area contributed by atoms with Crippen molar-refractivity contribution >= 4 is 38.9 Å². The third-order valence-electron chi connectivity index (χ3n) is 6.26. The number of carbonyl (C=O) groups is 1. The molecule has 1 fully saturated rings. The van der Waals surface area contributed by atoms with Gasteiger partial charge in [0, 0.05) is 29.8 Å². The van der Waals surface area contributed by atoms with Gasteiger partial charge in [-0.1, -0.05) is 41.4 Å². The zero-order chi connectivity index (χ0) is 22.2. The highest BCUT2D eigenvalue weighted by atomic mass is 35.5. The molecule has 2 aromatic carbocycles. The fraction of sp³-hybridized carbons (Fsp3) is 0.435. The second-order valence-electron chi connectivity index (χ2n) is 8.24. The molecule has 31 heavy (non-hydrogen) atoms. The van der Waals surface area contributed by atoms with Gasteiger partial charge in [-0.05, 0) is 60.6 Å². The first-order valence-electron chi connectivity index (χ1n) is 10.4. The lowest BCUT2D eigenvalue weighted by molar-refractivity contribution is -0.132. The van der Waals surface area contributed by atoms with Crippen LogP contribution in [-0.2, 0) is 32.3 Å². The second-order valence-corrected chi connectivity index (χ2v) is 11.1. The number of fused-ring (bicyclic) bond motifs is 1. The number of carbonyl (C=O) groups excluding carboxylic acids is 1. The van der Waals surface area contributed by atoms with E-state index in [1.807, 2.05) is 13.0 Å². The summed E-state index contributed by atoms with van der Waals surface area (Å²) in [6.45, 7) is 3.40. The van der Waals surface area contributed by atoms with Gasteiger partial charge in [0.2, 0.25) is 5.91 Å². The van der Waals surface area contributed by atoms with Gasteiger partial charge in [-0.25, -0.2) is 8.42 Å². The molecule has 4 rings (SSSR count). The Kier molecular flexibility index (Phi) is 6.63. The summed E-state index contributed by atoms with van der Waals surface area (Å²) in [4.78, 5) is 15.2. The summed E-state index contributed by atoms with van der Waals surface area (Å²) in [5.74, 6) is 0.0877. The van der Waals surface area contributed by atoms with Gasteiger partial charge in [-0.15, -0.1) is 0 Å². The zero-order valence-electron chi connectivity index (χ0n) is 17.3. The number of rotatable bonds is 5. The smallest absolute Gasteiger partial charge is 0.227 e. The fourth-order valence-corrected chi connectivity index (χ4v) is 6.99. The van der Waals surface area contributed by atoms with E-state index in [1.165, 1.54) is 0 Å². The van der Waals surface area contributed by atoms with Gasteiger partial charge >= 0.3 is 0 Å². The van der Waals surface area contributed by atoms with Crippen LogP contribution >= 0.6 is 23.2 Å². The summed E-state index contributed by atoms with van der Waals surface area (Å²) in [6.07, 6.45) is 1.59. The van der Waals surface area contributed by atoms with Crippen LogP contribution in [0.25, 0.3) is 0 Å². The summed E-state index contributed by atoms with van der Waals surface area (Å²) >= 11 is 12.5. The van der Waals surface area contributed by atoms with E-state index < -0.39 is 9.84 Å². The van der Waals surface area contributed by atoms with Crippen molar-refractivity contribution in [3.05, 3.63) is 63.1 Å².